The van der Waals surface area contributed by atoms with Gasteiger partial charge in [0, 0.05) is 11.7 Å². The lowest BCUT2D eigenvalue weighted by Gasteiger charge is -2.33. The number of aromatic nitrogens is 2. The van der Waals surface area contributed by atoms with Gasteiger partial charge in [-0.3, -0.25) is 14.5 Å². The summed E-state index contributed by atoms with van der Waals surface area (Å²) in [5, 5.41) is 3.06. The number of hydrogen-bond donors (Lipinski definition) is 1. The molecule has 1 atom stereocenters. The van der Waals surface area contributed by atoms with Crippen LogP contribution >= 0.6 is 11.7 Å². The van der Waals surface area contributed by atoms with Crippen LogP contribution in [-0.2, 0) is 4.79 Å². The molecule has 9 heteroatoms. The predicted octanol–water partition coefficient (Wildman–Crippen LogP) is 4.65. The van der Waals surface area contributed by atoms with Crippen LogP contribution in [-0.4, -0.2) is 26.6 Å². The largest absolute Gasteiger partial charge is 0.351 e. The van der Waals surface area contributed by atoms with Gasteiger partial charge in [-0.2, -0.15) is 8.75 Å². The molecule has 1 fully saturated rings. The van der Waals surface area contributed by atoms with Crippen LogP contribution in [0.1, 0.15) is 54.2 Å². The summed E-state index contributed by atoms with van der Waals surface area (Å²) in [6.45, 7) is 0. The van der Waals surface area contributed by atoms with Gasteiger partial charge in [-0.1, -0.05) is 31.4 Å². The molecule has 0 radical (unpaired) electrons. The van der Waals surface area contributed by atoms with E-state index in [1.54, 1.807) is 0 Å². The van der Waals surface area contributed by atoms with Crippen molar-refractivity contribution in [3.8, 4) is 0 Å². The molecule has 1 unspecified atom stereocenters. The summed E-state index contributed by atoms with van der Waals surface area (Å²) in [5.41, 5.74) is 0.815. The normalized spacial score (nSPS) is 15.2. The zero-order valence-corrected chi connectivity index (χ0v) is 18.0. The van der Waals surface area contributed by atoms with E-state index in [9.17, 15) is 18.4 Å². The topological polar surface area (TPSA) is 75.2 Å². The van der Waals surface area contributed by atoms with Crippen molar-refractivity contribution in [1.82, 2.24) is 14.1 Å². The smallest absolute Gasteiger partial charge is 0.280 e. The van der Waals surface area contributed by atoms with Crippen LogP contribution in [0.4, 0.5) is 14.5 Å². The Balaban J connectivity index is 1.77. The maximum atomic E-state index is 13.6. The van der Waals surface area contributed by atoms with Crippen molar-refractivity contribution in [1.29, 1.82) is 0 Å². The Morgan fingerprint density at radius 2 is 1.59 bits per heavy atom. The van der Waals surface area contributed by atoms with Gasteiger partial charge in [0.1, 0.15) is 17.7 Å². The Bertz CT molecular complexity index is 1050. The third kappa shape index (κ3) is 4.99. The van der Waals surface area contributed by atoms with Gasteiger partial charge in [0.2, 0.25) is 5.91 Å². The first kappa shape index (κ1) is 22.0. The van der Waals surface area contributed by atoms with Gasteiger partial charge < -0.3 is 5.32 Å². The highest BCUT2D eigenvalue weighted by molar-refractivity contribution is 6.99. The molecule has 3 aromatic rings. The summed E-state index contributed by atoms with van der Waals surface area (Å²) >= 11 is 0.872. The van der Waals surface area contributed by atoms with E-state index < -0.39 is 23.6 Å². The maximum absolute atomic E-state index is 13.6. The summed E-state index contributed by atoms with van der Waals surface area (Å²) in [7, 11) is 0. The summed E-state index contributed by atoms with van der Waals surface area (Å²) in [5.74, 6) is -1.87. The molecule has 0 aliphatic heterocycles. The monoisotopic (exact) mass is 456 g/mol. The van der Waals surface area contributed by atoms with Crippen molar-refractivity contribution < 1.29 is 18.4 Å². The minimum absolute atomic E-state index is 0.00491. The molecule has 166 valence electrons. The Morgan fingerprint density at radius 1 is 0.969 bits per heavy atom. The molecule has 4 rings (SSSR count). The van der Waals surface area contributed by atoms with Crippen molar-refractivity contribution in [3.63, 3.8) is 0 Å². The minimum Gasteiger partial charge on any atom is -0.351 e. The average molecular weight is 457 g/mol. The second-order valence-corrected chi connectivity index (χ2v) is 8.30. The van der Waals surface area contributed by atoms with Crippen LogP contribution < -0.4 is 10.2 Å². The first-order chi connectivity index (χ1) is 15.5. The van der Waals surface area contributed by atoms with E-state index in [-0.39, 0.29) is 17.6 Å². The number of nitrogens with one attached hydrogen (secondary N) is 1. The van der Waals surface area contributed by atoms with E-state index in [1.165, 1.54) is 59.6 Å². The second kappa shape index (κ2) is 9.95. The molecule has 1 aliphatic rings. The Hall–Kier alpha value is -3.20. The van der Waals surface area contributed by atoms with Crippen molar-refractivity contribution in [3.05, 3.63) is 77.6 Å². The molecule has 1 aromatic heterocycles. The van der Waals surface area contributed by atoms with E-state index in [0.717, 1.165) is 43.8 Å². The molecule has 32 heavy (non-hydrogen) atoms. The van der Waals surface area contributed by atoms with E-state index >= 15 is 0 Å². The van der Waals surface area contributed by atoms with Crippen LogP contribution in [0.15, 0.2) is 54.7 Å². The molecule has 1 N–H and O–H groups in total. The molecule has 1 heterocycles. The van der Waals surface area contributed by atoms with Crippen molar-refractivity contribution in [2.75, 3.05) is 4.90 Å². The molecule has 0 spiro atoms. The van der Waals surface area contributed by atoms with Crippen LogP contribution in [0.3, 0.4) is 0 Å². The summed E-state index contributed by atoms with van der Waals surface area (Å²) < 4.78 is 35.2. The highest BCUT2D eigenvalue weighted by Gasteiger charge is 2.35. The number of hydrogen-bond acceptors (Lipinski definition) is 5. The highest BCUT2D eigenvalue weighted by Crippen LogP contribution is 2.31. The number of carbonyl (C=O) groups is 2. The van der Waals surface area contributed by atoms with E-state index in [0.29, 0.717) is 11.3 Å². The van der Waals surface area contributed by atoms with Crippen LogP contribution in [0.25, 0.3) is 0 Å². The number of anilines is 1. The molecule has 2 amide bonds. The molecule has 1 aliphatic carbocycles. The summed E-state index contributed by atoms with van der Waals surface area (Å²) in [4.78, 5) is 28.3. The Morgan fingerprint density at radius 3 is 2.19 bits per heavy atom. The lowest BCUT2D eigenvalue weighted by atomic mass is 9.94. The summed E-state index contributed by atoms with van der Waals surface area (Å²) in [6.07, 6.45) is 6.23. The van der Waals surface area contributed by atoms with Gasteiger partial charge in [0.05, 0.1) is 17.9 Å². The average Bonchev–Trinajstić information content (AvgIpc) is 3.34. The number of rotatable bonds is 6. The molecule has 0 bridgehead atoms. The zero-order valence-electron chi connectivity index (χ0n) is 17.2. The van der Waals surface area contributed by atoms with Crippen molar-refractivity contribution in [2.45, 2.75) is 44.2 Å². The van der Waals surface area contributed by atoms with E-state index in [2.05, 4.69) is 14.1 Å². The molecular weight excluding hydrogens is 434 g/mol. The number of benzene rings is 2. The van der Waals surface area contributed by atoms with Gasteiger partial charge >= 0.3 is 0 Å². The minimum atomic E-state index is -1.10. The van der Waals surface area contributed by atoms with Crippen molar-refractivity contribution >= 4 is 29.2 Å². The molecule has 0 saturated heterocycles. The maximum Gasteiger partial charge on any atom is 0.280 e. The van der Waals surface area contributed by atoms with Gasteiger partial charge in [-0.25, -0.2) is 8.78 Å². The van der Waals surface area contributed by atoms with Gasteiger partial charge in [0.15, 0.2) is 5.69 Å². The molecule has 1 saturated carbocycles. The standard InChI is InChI=1S/C23H22F2N4O2S/c24-16-8-6-15(7-9-16)21(22(30)27-18-4-2-1-3-5-18)29(19-12-10-17(25)11-13-19)23(31)20-14-26-32-28-20/h6-14,18,21H,1-5H2,(H,27,30). The van der Waals surface area contributed by atoms with Gasteiger partial charge in [0.25, 0.3) is 5.91 Å². The zero-order chi connectivity index (χ0) is 22.5. The summed E-state index contributed by atoms with van der Waals surface area (Å²) in [6, 6.07) is 9.64. The SMILES string of the molecule is O=C(NC1CCCCC1)C(c1ccc(F)cc1)N(C(=O)c1cnsn1)c1ccc(F)cc1. The van der Waals surface area contributed by atoms with E-state index in [4.69, 9.17) is 0 Å². The lowest BCUT2D eigenvalue weighted by molar-refractivity contribution is -0.123. The lowest BCUT2D eigenvalue weighted by Crippen LogP contribution is -2.47. The molecule has 2 aromatic carbocycles. The fraction of sp³-hybridized carbons (Fsp3) is 0.304. The first-order valence-electron chi connectivity index (χ1n) is 10.5. The molecule has 6 nitrogen and oxygen atoms in total. The number of halogens is 2. The van der Waals surface area contributed by atoms with Gasteiger partial charge in [-0.05, 0) is 54.8 Å². The number of nitrogens with zero attached hydrogens (tertiary/aromatic N) is 3. The number of carbonyl (C=O) groups excluding carboxylic acids is 2. The fourth-order valence-electron chi connectivity index (χ4n) is 3.96. The third-order valence-corrected chi connectivity index (χ3v) is 6.03. The first-order valence-corrected chi connectivity index (χ1v) is 11.2. The highest BCUT2D eigenvalue weighted by atomic mass is 32.1. The quantitative estimate of drug-likeness (QED) is 0.586. The van der Waals surface area contributed by atoms with Crippen LogP contribution in [0.5, 0.6) is 0 Å². The molecular formula is C23H22F2N4O2S. The van der Waals surface area contributed by atoms with Crippen LogP contribution in [0, 0.1) is 11.6 Å². The van der Waals surface area contributed by atoms with Crippen LogP contribution in [0.2, 0.25) is 0 Å². The second-order valence-electron chi connectivity index (χ2n) is 7.74. The number of amides is 2. The predicted molar refractivity (Wildman–Crippen MR) is 117 cm³/mol. The Kier molecular flexibility index (Phi) is 6.84. The Labute approximate surface area is 188 Å². The van der Waals surface area contributed by atoms with E-state index in [1.807, 2.05) is 0 Å². The third-order valence-electron chi connectivity index (χ3n) is 5.55. The van der Waals surface area contributed by atoms with Gasteiger partial charge in [-0.15, -0.1) is 0 Å². The van der Waals surface area contributed by atoms with Crippen molar-refractivity contribution in [2.24, 2.45) is 0 Å². The fourth-order valence-corrected chi connectivity index (χ4v) is 4.36.